The van der Waals surface area contributed by atoms with Crippen molar-refractivity contribution in [2.75, 3.05) is 33.4 Å². The number of phosphoric ester groups is 1. The number of carbonyl (C=O) groups is 2. The monoisotopic (exact) mass is 772 g/mol. The summed E-state index contributed by atoms with van der Waals surface area (Å²) in [5.74, 6) is -0.805. The van der Waals surface area contributed by atoms with E-state index < -0.39 is 26.5 Å². The third-order valence-corrected chi connectivity index (χ3v) is 10.3. The molecular weight excluding hydrogens is 689 g/mol. The van der Waals surface area contributed by atoms with Crippen LogP contribution in [0.2, 0.25) is 0 Å². The SMILES string of the molecule is CCCCC/C=C\C/C=C\CCCCCCCCCCCC(=O)OC(COC(=O)CCCCCCCCCCCCCC)COP(=O)(O)OCCNC. The van der Waals surface area contributed by atoms with Crippen LogP contribution >= 0.6 is 7.82 Å². The Kier molecular flexibility index (Phi) is 39.0. The van der Waals surface area contributed by atoms with Crippen molar-refractivity contribution < 1.29 is 37.6 Å². The molecule has 312 valence electrons. The summed E-state index contributed by atoms with van der Waals surface area (Å²) in [6.07, 6.45) is 40.7. The molecule has 0 aromatic carbocycles. The van der Waals surface area contributed by atoms with Crippen molar-refractivity contribution in [3.63, 3.8) is 0 Å². The van der Waals surface area contributed by atoms with Crippen LogP contribution in [0.4, 0.5) is 0 Å². The van der Waals surface area contributed by atoms with Gasteiger partial charge in [0.25, 0.3) is 0 Å². The standard InChI is InChI=1S/C43H82NO8P/c1-4-6-8-10-12-14-16-18-19-20-21-22-23-24-26-28-30-32-34-36-43(46)52-41(40-51-53(47,48)50-38-37-44-3)39-49-42(45)35-33-31-29-27-25-17-15-13-11-9-7-5-2/h12,14,18-19,41,44H,4-11,13,15-17,20-40H2,1-3H3,(H,47,48)/b14-12-,19-18-. The van der Waals surface area contributed by atoms with Crippen LogP contribution in [0.1, 0.15) is 200 Å². The second-order valence-electron chi connectivity index (χ2n) is 14.5. The van der Waals surface area contributed by atoms with Gasteiger partial charge in [-0.05, 0) is 52.0 Å². The first-order valence-corrected chi connectivity index (χ1v) is 23.3. The van der Waals surface area contributed by atoms with Gasteiger partial charge in [-0.3, -0.25) is 18.6 Å². The number of ether oxygens (including phenoxy) is 2. The van der Waals surface area contributed by atoms with Crippen LogP contribution in [0.25, 0.3) is 0 Å². The van der Waals surface area contributed by atoms with E-state index in [1.165, 1.54) is 122 Å². The highest BCUT2D eigenvalue weighted by atomic mass is 31.2. The fourth-order valence-corrected chi connectivity index (χ4v) is 6.75. The van der Waals surface area contributed by atoms with Gasteiger partial charge in [-0.15, -0.1) is 0 Å². The predicted molar refractivity (Wildman–Crippen MR) is 220 cm³/mol. The third-order valence-electron chi connectivity index (χ3n) is 9.32. The zero-order valence-corrected chi connectivity index (χ0v) is 35.4. The summed E-state index contributed by atoms with van der Waals surface area (Å²) in [6, 6.07) is 0. The zero-order chi connectivity index (χ0) is 38.9. The van der Waals surface area contributed by atoms with Gasteiger partial charge in [0.05, 0.1) is 13.2 Å². The van der Waals surface area contributed by atoms with Gasteiger partial charge in [0.2, 0.25) is 0 Å². The molecule has 0 radical (unpaired) electrons. The molecule has 0 heterocycles. The maximum atomic E-state index is 12.6. The molecule has 0 saturated carbocycles. The highest BCUT2D eigenvalue weighted by Crippen LogP contribution is 2.43. The molecular formula is C43H82NO8P. The number of unbranched alkanes of at least 4 members (excludes halogenated alkanes) is 23. The van der Waals surface area contributed by atoms with E-state index in [1.807, 2.05) is 0 Å². The van der Waals surface area contributed by atoms with Crippen molar-refractivity contribution in [1.82, 2.24) is 5.32 Å². The Labute approximate surface area is 325 Å². The van der Waals surface area contributed by atoms with E-state index in [0.717, 1.165) is 44.9 Å². The first kappa shape index (κ1) is 51.5. The number of allylic oxidation sites excluding steroid dienone is 4. The largest absolute Gasteiger partial charge is 0.472 e. The Hall–Kier alpha value is -1.51. The molecule has 0 aliphatic heterocycles. The second-order valence-corrected chi connectivity index (χ2v) is 16.0. The van der Waals surface area contributed by atoms with Crippen LogP contribution in [-0.4, -0.2) is 56.3 Å². The fraction of sp³-hybridized carbons (Fsp3) is 0.860. The van der Waals surface area contributed by atoms with E-state index in [-0.39, 0.29) is 25.6 Å². The summed E-state index contributed by atoms with van der Waals surface area (Å²) >= 11 is 0. The maximum Gasteiger partial charge on any atom is 0.472 e. The van der Waals surface area contributed by atoms with Crippen molar-refractivity contribution in [2.45, 2.75) is 206 Å². The normalized spacial score (nSPS) is 13.5. The fourth-order valence-electron chi connectivity index (χ4n) is 5.99. The van der Waals surface area contributed by atoms with Gasteiger partial charge in [0.1, 0.15) is 6.61 Å². The molecule has 53 heavy (non-hydrogen) atoms. The van der Waals surface area contributed by atoms with Crippen LogP contribution in [0.15, 0.2) is 24.3 Å². The number of likely N-dealkylation sites (N-methyl/N-ethyl adjacent to an activating group) is 1. The number of esters is 2. The van der Waals surface area contributed by atoms with E-state index in [0.29, 0.717) is 19.4 Å². The van der Waals surface area contributed by atoms with Crippen molar-refractivity contribution in [3.05, 3.63) is 24.3 Å². The lowest BCUT2D eigenvalue weighted by Gasteiger charge is -2.20. The molecule has 0 bridgehead atoms. The molecule has 0 aliphatic carbocycles. The van der Waals surface area contributed by atoms with Gasteiger partial charge in [0.15, 0.2) is 6.10 Å². The molecule has 0 fully saturated rings. The molecule has 0 aliphatic rings. The lowest BCUT2D eigenvalue weighted by Crippen LogP contribution is -2.29. The highest BCUT2D eigenvalue weighted by molar-refractivity contribution is 7.47. The molecule has 0 aromatic rings. The topological polar surface area (TPSA) is 120 Å². The average Bonchev–Trinajstić information content (AvgIpc) is 3.14. The molecule has 2 atom stereocenters. The summed E-state index contributed by atoms with van der Waals surface area (Å²) in [6.45, 7) is 4.21. The minimum absolute atomic E-state index is 0.0159. The molecule has 0 amide bonds. The van der Waals surface area contributed by atoms with Crippen molar-refractivity contribution in [3.8, 4) is 0 Å². The van der Waals surface area contributed by atoms with Crippen LogP contribution in [0.3, 0.4) is 0 Å². The average molecular weight is 772 g/mol. The highest BCUT2D eigenvalue weighted by Gasteiger charge is 2.26. The molecule has 0 rings (SSSR count). The van der Waals surface area contributed by atoms with Gasteiger partial charge >= 0.3 is 19.8 Å². The Morgan fingerprint density at radius 3 is 1.53 bits per heavy atom. The number of hydrogen-bond donors (Lipinski definition) is 2. The summed E-state index contributed by atoms with van der Waals surface area (Å²) in [7, 11) is -2.64. The van der Waals surface area contributed by atoms with Gasteiger partial charge < -0.3 is 19.7 Å². The van der Waals surface area contributed by atoms with Gasteiger partial charge in [-0.1, -0.05) is 167 Å². The van der Waals surface area contributed by atoms with Crippen molar-refractivity contribution in [2.24, 2.45) is 0 Å². The molecule has 9 nitrogen and oxygen atoms in total. The first-order chi connectivity index (χ1) is 25.8. The second kappa shape index (κ2) is 40.2. The van der Waals surface area contributed by atoms with E-state index in [9.17, 15) is 19.0 Å². The molecule has 2 N–H and O–H groups in total. The molecule has 0 spiro atoms. The predicted octanol–water partition coefficient (Wildman–Crippen LogP) is 12.3. The number of rotatable bonds is 41. The Balaban J connectivity index is 4.19. The van der Waals surface area contributed by atoms with Gasteiger partial charge in [-0.25, -0.2) is 4.57 Å². The van der Waals surface area contributed by atoms with Crippen LogP contribution < -0.4 is 5.32 Å². The molecule has 2 unspecified atom stereocenters. The van der Waals surface area contributed by atoms with E-state index in [4.69, 9.17) is 18.5 Å². The number of phosphoric acid groups is 1. The van der Waals surface area contributed by atoms with E-state index >= 15 is 0 Å². The summed E-state index contributed by atoms with van der Waals surface area (Å²) in [5.41, 5.74) is 0. The summed E-state index contributed by atoms with van der Waals surface area (Å²) < 4.78 is 33.2. The van der Waals surface area contributed by atoms with Crippen molar-refractivity contribution >= 4 is 19.8 Å². The number of carbonyl (C=O) groups excluding carboxylic acids is 2. The zero-order valence-electron chi connectivity index (χ0n) is 34.5. The third kappa shape index (κ3) is 40.0. The smallest absolute Gasteiger partial charge is 0.462 e. The molecule has 0 saturated heterocycles. The quantitative estimate of drug-likeness (QED) is 0.0271. The lowest BCUT2D eigenvalue weighted by molar-refractivity contribution is -0.161. The number of nitrogens with one attached hydrogen (secondary N) is 1. The van der Waals surface area contributed by atoms with Crippen molar-refractivity contribution in [1.29, 1.82) is 0 Å². The molecule has 0 aromatic heterocycles. The minimum atomic E-state index is -4.34. The van der Waals surface area contributed by atoms with Crippen LogP contribution in [0.5, 0.6) is 0 Å². The Morgan fingerprint density at radius 2 is 1.02 bits per heavy atom. The van der Waals surface area contributed by atoms with E-state index in [2.05, 4.69) is 43.5 Å². The Bertz CT molecular complexity index is 928. The minimum Gasteiger partial charge on any atom is -0.462 e. The van der Waals surface area contributed by atoms with Gasteiger partial charge in [0, 0.05) is 19.4 Å². The molecule has 10 heteroatoms. The summed E-state index contributed by atoms with van der Waals surface area (Å²) in [4.78, 5) is 35.0. The Morgan fingerprint density at radius 1 is 0.585 bits per heavy atom. The summed E-state index contributed by atoms with van der Waals surface area (Å²) in [5, 5.41) is 2.82. The number of hydrogen-bond acceptors (Lipinski definition) is 8. The maximum absolute atomic E-state index is 12.6. The first-order valence-electron chi connectivity index (χ1n) is 21.8. The lowest BCUT2D eigenvalue weighted by atomic mass is 10.0. The van der Waals surface area contributed by atoms with Crippen LogP contribution in [-0.2, 0) is 32.7 Å². The van der Waals surface area contributed by atoms with Crippen LogP contribution in [0, 0.1) is 0 Å². The van der Waals surface area contributed by atoms with Gasteiger partial charge in [-0.2, -0.15) is 0 Å². The van der Waals surface area contributed by atoms with E-state index in [1.54, 1.807) is 7.05 Å².